The third-order valence-corrected chi connectivity index (χ3v) is 1.99. The van der Waals surface area contributed by atoms with E-state index in [1.165, 1.54) is 0 Å². The van der Waals surface area contributed by atoms with Gasteiger partial charge in [0.15, 0.2) is 0 Å². The molecule has 0 aliphatic heterocycles. The van der Waals surface area contributed by atoms with Crippen LogP contribution in [0.25, 0.3) is 0 Å². The zero-order chi connectivity index (χ0) is 8.36. The van der Waals surface area contributed by atoms with Gasteiger partial charge in [0.1, 0.15) is 5.60 Å². The minimum atomic E-state index is -0.931. The molecule has 0 rings (SSSR count). The first-order valence-corrected chi connectivity index (χ1v) is 3.65. The first-order valence-electron chi connectivity index (χ1n) is 3.65. The van der Waals surface area contributed by atoms with Crippen LogP contribution in [0.1, 0.15) is 27.7 Å². The minimum Gasteiger partial charge on any atom is -0.377 e. The Morgan fingerprint density at radius 1 is 1.20 bits per heavy atom. The second-order valence-corrected chi connectivity index (χ2v) is 3.28. The van der Waals surface area contributed by atoms with E-state index in [0.29, 0.717) is 0 Å². The third kappa shape index (κ3) is 1.52. The molecule has 10 heavy (non-hydrogen) atoms. The van der Waals surface area contributed by atoms with Gasteiger partial charge in [-0.25, -0.2) is 0 Å². The topological polar surface area (TPSA) is 20.2 Å². The maximum Gasteiger partial charge on any atom is 0.129 e. The van der Waals surface area contributed by atoms with E-state index in [9.17, 15) is 5.11 Å². The highest BCUT2D eigenvalue weighted by Crippen LogP contribution is 2.24. The van der Waals surface area contributed by atoms with Crippen molar-refractivity contribution in [2.75, 3.05) is 0 Å². The summed E-state index contributed by atoms with van der Waals surface area (Å²) in [6.45, 7) is 7.72. The highest BCUT2D eigenvalue weighted by Gasteiger charge is 2.31. The molecule has 0 fully saturated rings. The SMILES string of the molecule is C#CC(O)(C(C)C)C(C)C. The molecule has 0 aromatic heterocycles. The van der Waals surface area contributed by atoms with Crippen LogP contribution in [0.15, 0.2) is 0 Å². The molecule has 0 aliphatic rings. The molecule has 0 saturated carbocycles. The molecule has 0 amide bonds. The molecule has 1 nitrogen and oxygen atoms in total. The normalized spacial score (nSPS) is 12.2. The highest BCUT2D eigenvalue weighted by molar-refractivity contribution is 5.10. The summed E-state index contributed by atoms with van der Waals surface area (Å²) in [7, 11) is 0. The van der Waals surface area contributed by atoms with Crippen LogP contribution in [0.4, 0.5) is 0 Å². The fraction of sp³-hybridized carbons (Fsp3) is 0.778. The Morgan fingerprint density at radius 2 is 1.50 bits per heavy atom. The van der Waals surface area contributed by atoms with E-state index in [2.05, 4.69) is 5.92 Å². The van der Waals surface area contributed by atoms with Crippen molar-refractivity contribution < 1.29 is 5.11 Å². The van der Waals surface area contributed by atoms with Gasteiger partial charge in [-0.2, -0.15) is 0 Å². The summed E-state index contributed by atoms with van der Waals surface area (Å²) in [5, 5.41) is 9.74. The van der Waals surface area contributed by atoms with Crippen LogP contribution in [0.5, 0.6) is 0 Å². The zero-order valence-corrected chi connectivity index (χ0v) is 7.18. The highest BCUT2D eigenvalue weighted by atomic mass is 16.3. The average Bonchev–Trinajstić information content (AvgIpc) is 1.85. The molecule has 0 atom stereocenters. The van der Waals surface area contributed by atoms with Crippen molar-refractivity contribution in [2.45, 2.75) is 33.3 Å². The van der Waals surface area contributed by atoms with Gasteiger partial charge in [-0.15, -0.1) is 6.42 Å². The molecule has 0 bridgehead atoms. The van der Waals surface area contributed by atoms with Gasteiger partial charge in [0.05, 0.1) is 0 Å². The molecule has 0 spiro atoms. The number of hydrogen-bond acceptors (Lipinski definition) is 1. The smallest absolute Gasteiger partial charge is 0.129 e. The number of aliphatic hydroxyl groups is 1. The van der Waals surface area contributed by atoms with Crippen LogP contribution >= 0.6 is 0 Å². The van der Waals surface area contributed by atoms with E-state index in [0.717, 1.165) is 0 Å². The summed E-state index contributed by atoms with van der Waals surface area (Å²) < 4.78 is 0. The van der Waals surface area contributed by atoms with Crippen LogP contribution in [0.2, 0.25) is 0 Å². The Bertz CT molecular complexity index is 131. The van der Waals surface area contributed by atoms with Gasteiger partial charge >= 0.3 is 0 Å². The van der Waals surface area contributed by atoms with E-state index in [1.54, 1.807) is 0 Å². The molecule has 58 valence electrons. The molecule has 1 heteroatoms. The zero-order valence-electron chi connectivity index (χ0n) is 7.18. The van der Waals surface area contributed by atoms with Crippen molar-refractivity contribution in [2.24, 2.45) is 11.8 Å². The van der Waals surface area contributed by atoms with Gasteiger partial charge < -0.3 is 5.11 Å². The number of rotatable bonds is 2. The van der Waals surface area contributed by atoms with Gasteiger partial charge in [0.25, 0.3) is 0 Å². The van der Waals surface area contributed by atoms with Crippen molar-refractivity contribution in [3.8, 4) is 12.3 Å². The van der Waals surface area contributed by atoms with E-state index < -0.39 is 5.60 Å². The van der Waals surface area contributed by atoms with Gasteiger partial charge in [-0.3, -0.25) is 0 Å². The third-order valence-electron chi connectivity index (χ3n) is 1.99. The fourth-order valence-electron chi connectivity index (χ4n) is 1.00. The predicted molar refractivity (Wildman–Crippen MR) is 43.5 cm³/mol. The molecular weight excluding hydrogens is 124 g/mol. The Labute approximate surface area is 63.5 Å². The lowest BCUT2D eigenvalue weighted by molar-refractivity contribution is 0.00947. The lowest BCUT2D eigenvalue weighted by Crippen LogP contribution is -2.38. The Balaban J connectivity index is 4.43. The molecule has 0 saturated heterocycles. The predicted octanol–water partition coefficient (Wildman–Crippen LogP) is 1.66. The van der Waals surface area contributed by atoms with Crippen molar-refractivity contribution in [1.82, 2.24) is 0 Å². The first-order chi connectivity index (χ1) is 4.45. The van der Waals surface area contributed by atoms with Crippen molar-refractivity contribution in [3.05, 3.63) is 0 Å². The van der Waals surface area contributed by atoms with E-state index in [4.69, 9.17) is 6.42 Å². The molecule has 0 radical (unpaired) electrons. The van der Waals surface area contributed by atoms with Crippen molar-refractivity contribution in [1.29, 1.82) is 0 Å². The monoisotopic (exact) mass is 140 g/mol. The van der Waals surface area contributed by atoms with Gasteiger partial charge in [-0.05, 0) is 11.8 Å². The van der Waals surface area contributed by atoms with E-state index >= 15 is 0 Å². The molecule has 1 N–H and O–H groups in total. The second-order valence-electron chi connectivity index (χ2n) is 3.28. The van der Waals surface area contributed by atoms with Crippen molar-refractivity contribution >= 4 is 0 Å². The average molecular weight is 140 g/mol. The lowest BCUT2D eigenvalue weighted by Gasteiger charge is -2.30. The summed E-state index contributed by atoms with van der Waals surface area (Å²) in [5.74, 6) is 2.68. The van der Waals surface area contributed by atoms with Crippen molar-refractivity contribution in [3.63, 3.8) is 0 Å². The first kappa shape index (κ1) is 9.52. The fourth-order valence-corrected chi connectivity index (χ4v) is 1.00. The minimum absolute atomic E-state index is 0.123. The Kier molecular flexibility index (Phi) is 2.93. The molecule has 0 unspecified atom stereocenters. The van der Waals surface area contributed by atoms with E-state index in [-0.39, 0.29) is 11.8 Å². The van der Waals surface area contributed by atoms with Crippen LogP contribution in [-0.4, -0.2) is 10.7 Å². The summed E-state index contributed by atoms with van der Waals surface area (Å²) in [6, 6.07) is 0. The summed E-state index contributed by atoms with van der Waals surface area (Å²) in [6.07, 6.45) is 5.21. The van der Waals surface area contributed by atoms with E-state index in [1.807, 2.05) is 27.7 Å². The molecule has 0 aliphatic carbocycles. The quantitative estimate of drug-likeness (QED) is 0.578. The number of terminal acetylenes is 1. The largest absolute Gasteiger partial charge is 0.377 e. The van der Waals surface area contributed by atoms with Gasteiger partial charge in [0.2, 0.25) is 0 Å². The van der Waals surface area contributed by atoms with Crippen LogP contribution in [0.3, 0.4) is 0 Å². The Hall–Kier alpha value is -0.480. The lowest BCUT2D eigenvalue weighted by atomic mass is 9.81. The molecule has 0 heterocycles. The summed E-state index contributed by atoms with van der Waals surface area (Å²) in [5.41, 5.74) is -0.931. The second kappa shape index (κ2) is 3.07. The van der Waals surface area contributed by atoms with Crippen LogP contribution in [0, 0.1) is 24.2 Å². The summed E-state index contributed by atoms with van der Waals surface area (Å²) in [4.78, 5) is 0. The summed E-state index contributed by atoms with van der Waals surface area (Å²) >= 11 is 0. The maximum atomic E-state index is 9.74. The standard InChI is InChI=1S/C9H16O/c1-6-9(10,7(2)3)8(4)5/h1,7-8,10H,2-5H3. The van der Waals surface area contributed by atoms with Gasteiger partial charge in [-0.1, -0.05) is 33.6 Å². The van der Waals surface area contributed by atoms with Gasteiger partial charge in [0, 0.05) is 0 Å². The number of hydrogen-bond donors (Lipinski definition) is 1. The molecule has 0 aromatic carbocycles. The van der Waals surface area contributed by atoms with Crippen LogP contribution in [-0.2, 0) is 0 Å². The van der Waals surface area contributed by atoms with Crippen LogP contribution < -0.4 is 0 Å². The Morgan fingerprint density at radius 3 is 1.50 bits per heavy atom. The maximum absolute atomic E-state index is 9.74. The molecular formula is C9H16O. The molecule has 0 aromatic rings.